The van der Waals surface area contributed by atoms with E-state index in [0.29, 0.717) is 12.6 Å². The summed E-state index contributed by atoms with van der Waals surface area (Å²) >= 11 is 0. The predicted octanol–water partition coefficient (Wildman–Crippen LogP) is 3.05. The molecule has 0 heterocycles. The molecule has 0 spiro atoms. The van der Waals surface area contributed by atoms with Crippen molar-refractivity contribution in [2.24, 2.45) is 5.92 Å². The molecule has 0 aliphatic heterocycles. The summed E-state index contributed by atoms with van der Waals surface area (Å²) in [6, 6.07) is 10.1. The lowest BCUT2D eigenvalue weighted by Gasteiger charge is -2.38. The summed E-state index contributed by atoms with van der Waals surface area (Å²) in [5.74, 6) is 0.740. The molecule has 1 aromatic rings. The van der Waals surface area contributed by atoms with E-state index in [4.69, 9.17) is 4.74 Å². The maximum absolute atomic E-state index is 11.8. The Morgan fingerprint density at radius 1 is 1.35 bits per heavy atom. The minimum absolute atomic E-state index is 0.217. The topological polar surface area (TPSA) is 29.5 Å². The van der Waals surface area contributed by atoms with E-state index in [1.807, 2.05) is 37.4 Å². The van der Waals surface area contributed by atoms with Crippen molar-refractivity contribution >= 4 is 6.09 Å². The zero-order valence-electron chi connectivity index (χ0n) is 10.4. The molecule has 92 valence electrons. The molecule has 2 rings (SSSR count). The first kappa shape index (κ1) is 12.0. The second kappa shape index (κ2) is 5.21. The molecular weight excluding hydrogens is 214 g/mol. The van der Waals surface area contributed by atoms with Crippen LogP contribution in [0.3, 0.4) is 0 Å². The molecule has 1 aliphatic rings. The van der Waals surface area contributed by atoms with Gasteiger partial charge < -0.3 is 9.64 Å². The number of ether oxygens (including phenoxy) is 1. The highest BCUT2D eigenvalue weighted by Gasteiger charge is 2.31. The summed E-state index contributed by atoms with van der Waals surface area (Å²) in [4.78, 5) is 13.5. The number of hydrogen-bond donors (Lipinski definition) is 0. The molecule has 1 amide bonds. The van der Waals surface area contributed by atoms with Gasteiger partial charge in [-0.05, 0) is 24.3 Å². The lowest BCUT2D eigenvalue weighted by Crippen LogP contribution is -2.44. The average molecular weight is 233 g/mol. The highest BCUT2D eigenvalue weighted by Crippen LogP contribution is 2.30. The van der Waals surface area contributed by atoms with E-state index in [-0.39, 0.29) is 6.09 Å². The van der Waals surface area contributed by atoms with Crippen LogP contribution in [-0.2, 0) is 11.3 Å². The van der Waals surface area contributed by atoms with Crippen molar-refractivity contribution < 1.29 is 9.53 Å². The molecule has 1 saturated carbocycles. The van der Waals surface area contributed by atoms with Crippen LogP contribution in [0.15, 0.2) is 30.3 Å². The molecule has 1 aliphatic carbocycles. The van der Waals surface area contributed by atoms with Crippen molar-refractivity contribution in [1.29, 1.82) is 0 Å². The molecule has 0 aromatic heterocycles. The number of benzene rings is 1. The van der Waals surface area contributed by atoms with Crippen LogP contribution >= 0.6 is 0 Å². The number of carbonyl (C=O) groups is 1. The van der Waals surface area contributed by atoms with Gasteiger partial charge in [-0.1, -0.05) is 37.3 Å². The summed E-state index contributed by atoms with van der Waals surface area (Å²) in [7, 11) is 1.82. The van der Waals surface area contributed by atoms with Crippen LogP contribution in [0.2, 0.25) is 0 Å². The summed E-state index contributed by atoms with van der Waals surface area (Å²) in [5.41, 5.74) is 1.02. The Kier molecular flexibility index (Phi) is 3.67. The van der Waals surface area contributed by atoms with Crippen LogP contribution < -0.4 is 0 Å². The van der Waals surface area contributed by atoms with Crippen molar-refractivity contribution in [3.05, 3.63) is 35.9 Å². The maximum Gasteiger partial charge on any atom is 0.410 e. The van der Waals surface area contributed by atoms with E-state index in [9.17, 15) is 4.79 Å². The van der Waals surface area contributed by atoms with E-state index in [2.05, 4.69) is 6.92 Å². The highest BCUT2D eigenvalue weighted by molar-refractivity contribution is 5.67. The van der Waals surface area contributed by atoms with Gasteiger partial charge in [-0.3, -0.25) is 0 Å². The Labute approximate surface area is 102 Å². The summed E-state index contributed by atoms with van der Waals surface area (Å²) < 4.78 is 5.27. The van der Waals surface area contributed by atoms with Gasteiger partial charge in [0.15, 0.2) is 0 Å². The molecule has 0 unspecified atom stereocenters. The van der Waals surface area contributed by atoms with Gasteiger partial charge in [-0.2, -0.15) is 0 Å². The number of rotatable bonds is 3. The summed E-state index contributed by atoms with van der Waals surface area (Å²) in [5, 5.41) is 0. The third kappa shape index (κ3) is 2.99. The quantitative estimate of drug-likeness (QED) is 0.803. The molecule has 0 N–H and O–H groups in total. The van der Waals surface area contributed by atoms with E-state index in [0.717, 1.165) is 24.3 Å². The fourth-order valence-electron chi connectivity index (χ4n) is 2.15. The number of nitrogens with zero attached hydrogens (tertiary/aromatic N) is 1. The van der Waals surface area contributed by atoms with E-state index >= 15 is 0 Å². The minimum atomic E-state index is -0.217. The van der Waals surface area contributed by atoms with Crippen LogP contribution in [0.1, 0.15) is 25.3 Å². The van der Waals surface area contributed by atoms with Crippen LogP contribution in [-0.4, -0.2) is 24.1 Å². The fourth-order valence-corrected chi connectivity index (χ4v) is 2.15. The number of amides is 1. The van der Waals surface area contributed by atoms with Crippen molar-refractivity contribution in [2.75, 3.05) is 7.05 Å². The van der Waals surface area contributed by atoms with Crippen LogP contribution in [0.4, 0.5) is 4.79 Å². The van der Waals surface area contributed by atoms with Gasteiger partial charge in [-0.15, -0.1) is 0 Å². The first-order chi connectivity index (χ1) is 8.16. The standard InChI is InChI=1S/C14H19NO2/c1-11-8-13(9-11)15(2)14(16)17-10-12-6-4-3-5-7-12/h3-7,11,13H,8-10H2,1-2H3/t11-,13-. The summed E-state index contributed by atoms with van der Waals surface area (Å²) in [6.45, 7) is 2.56. The van der Waals surface area contributed by atoms with Gasteiger partial charge in [0.1, 0.15) is 6.61 Å². The lowest BCUT2D eigenvalue weighted by atomic mass is 9.81. The van der Waals surface area contributed by atoms with E-state index < -0.39 is 0 Å². The molecule has 0 atom stereocenters. The van der Waals surface area contributed by atoms with Crippen molar-refractivity contribution in [2.45, 2.75) is 32.4 Å². The molecule has 3 nitrogen and oxygen atoms in total. The second-order valence-electron chi connectivity index (χ2n) is 4.88. The maximum atomic E-state index is 11.8. The van der Waals surface area contributed by atoms with Gasteiger partial charge in [0, 0.05) is 13.1 Å². The molecule has 17 heavy (non-hydrogen) atoms. The lowest BCUT2D eigenvalue weighted by molar-refractivity contribution is 0.0605. The van der Waals surface area contributed by atoms with Gasteiger partial charge in [0.05, 0.1) is 0 Å². The molecule has 0 bridgehead atoms. The largest absolute Gasteiger partial charge is 0.445 e. The average Bonchev–Trinajstić information content (AvgIpc) is 2.32. The van der Waals surface area contributed by atoms with Crippen molar-refractivity contribution in [3.63, 3.8) is 0 Å². The van der Waals surface area contributed by atoms with Gasteiger partial charge in [0.2, 0.25) is 0 Å². The smallest absolute Gasteiger partial charge is 0.410 e. The van der Waals surface area contributed by atoms with Crippen LogP contribution in [0, 0.1) is 5.92 Å². The Bertz CT molecular complexity index is 371. The number of hydrogen-bond acceptors (Lipinski definition) is 2. The zero-order valence-corrected chi connectivity index (χ0v) is 10.4. The number of carbonyl (C=O) groups excluding carboxylic acids is 1. The normalized spacial score (nSPS) is 22.7. The van der Waals surface area contributed by atoms with Gasteiger partial charge in [-0.25, -0.2) is 4.79 Å². The van der Waals surface area contributed by atoms with Crippen molar-refractivity contribution in [3.8, 4) is 0 Å². The first-order valence-corrected chi connectivity index (χ1v) is 6.10. The SMILES string of the molecule is CN(C(=O)OCc1ccccc1)[C@H]1C[C@H](C)C1. The van der Waals surface area contributed by atoms with Gasteiger partial charge in [0.25, 0.3) is 0 Å². The Hall–Kier alpha value is -1.51. The van der Waals surface area contributed by atoms with Crippen LogP contribution in [0.5, 0.6) is 0 Å². The molecule has 0 saturated heterocycles. The predicted molar refractivity (Wildman–Crippen MR) is 66.6 cm³/mol. The Balaban J connectivity index is 1.77. The molecule has 1 aromatic carbocycles. The molecule has 3 heteroatoms. The monoisotopic (exact) mass is 233 g/mol. The fraction of sp³-hybridized carbons (Fsp3) is 0.500. The van der Waals surface area contributed by atoms with Crippen LogP contribution in [0.25, 0.3) is 0 Å². The summed E-state index contributed by atoms with van der Waals surface area (Å²) in [6.07, 6.45) is 1.97. The highest BCUT2D eigenvalue weighted by atomic mass is 16.6. The third-order valence-electron chi connectivity index (χ3n) is 3.39. The second-order valence-corrected chi connectivity index (χ2v) is 4.88. The van der Waals surface area contributed by atoms with E-state index in [1.165, 1.54) is 0 Å². The zero-order chi connectivity index (χ0) is 12.3. The third-order valence-corrected chi connectivity index (χ3v) is 3.39. The first-order valence-electron chi connectivity index (χ1n) is 6.10. The van der Waals surface area contributed by atoms with Gasteiger partial charge >= 0.3 is 6.09 Å². The molecular formula is C14H19NO2. The molecule has 0 radical (unpaired) electrons. The van der Waals surface area contributed by atoms with E-state index in [1.54, 1.807) is 4.90 Å². The molecule has 1 fully saturated rings. The minimum Gasteiger partial charge on any atom is -0.445 e. The Morgan fingerprint density at radius 2 is 2.00 bits per heavy atom. The Morgan fingerprint density at radius 3 is 2.59 bits per heavy atom. The van der Waals surface area contributed by atoms with Crippen molar-refractivity contribution in [1.82, 2.24) is 4.90 Å².